The minimum Gasteiger partial charge on any atom is -0.497 e. The molecule has 0 aliphatic carbocycles. The van der Waals surface area contributed by atoms with Crippen molar-refractivity contribution in [3.05, 3.63) is 53.6 Å². The first-order valence-corrected chi connectivity index (χ1v) is 8.02. The molecule has 0 saturated carbocycles. The number of nitrogens with one attached hydrogen (secondary N) is 2. The second-order valence-corrected chi connectivity index (χ2v) is 5.88. The second kappa shape index (κ2) is 8.94. The Bertz CT molecular complexity index is 717. The Balaban J connectivity index is 2.02. The van der Waals surface area contributed by atoms with Gasteiger partial charge in [0.25, 0.3) is 0 Å². The Morgan fingerprint density at radius 3 is 2.40 bits per heavy atom. The fraction of sp³-hybridized carbons (Fsp3) is 0.316. The van der Waals surface area contributed by atoms with Crippen LogP contribution in [0.15, 0.2) is 42.5 Å². The number of methoxy groups -OCH3 is 2. The molecule has 0 aromatic heterocycles. The summed E-state index contributed by atoms with van der Waals surface area (Å²) >= 11 is 0. The van der Waals surface area contributed by atoms with Crippen molar-refractivity contribution in [2.24, 2.45) is 0 Å². The number of anilines is 1. The summed E-state index contributed by atoms with van der Waals surface area (Å²) in [6.45, 7) is 1.27. The van der Waals surface area contributed by atoms with E-state index in [4.69, 9.17) is 9.47 Å². The minimum absolute atomic E-state index is 0.300. The third-order valence-electron chi connectivity index (χ3n) is 3.70. The molecule has 0 radical (unpaired) electrons. The summed E-state index contributed by atoms with van der Waals surface area (Å²) < 4.78 is 10.5. The normalized spacial score (nSPS) is 10.4. The molecule has 25 heavy (non-hydrogen) atoms. The van der Waals surface area contributed by atoms with E-state index in [0.717, 1.165) is 12.1 Å². The lowest BCUT2D eigenvalue weighted by Gasteiger charge is -2.15. The molecule has 0 bridgehead atoms. The Hall–Kier alpha value is -2.73. The highest BCUT2D eigenvalue weighted by Gasteiger charge is 2.10. The smallest absolute Gasteiger partial charge is 0.319 e. The molecule has 0 fully saturated rings. The van der Waals surface area contributed by atoms with Crippen molar-refractivity contribution < 1.29 is 14.3 Å². The number of carbonyl (C=O) groups is 1. The van der Waals surface area contributed by atoms with Crippen LogP contribution in [0, 0.1) is 0 Å². The lowest BCUT2D eigenvalue weighted by Crippen LogP contribution is -2.29. The number of nitrogens with zero attached hydrogens (tertiary/aromatic N) is 1. The van der Waals surface area contributed by atoms with Gasteiger partial charge in [-0.05, 0) is 37.4 Å². The Morgan fingerprint density at radius 1 is 1.04 bits per heavy atom. The van der Waals surface area contributed by atoms with E-state index in [0.29, 0.717) is 23.7 Å². The van der Waals surface area contributed by atoms with E-state index in [1.54, 1.807) is 32.4 Å². The fourth-order valence-corrected chi connectivity index (χ4v) is 2.48. The molecule has 2 amide bonds. The Morgan fingerprint density at radius 2 is 1.76 bits per heavy atom. The first-order valence-electron chi connectivity index (χ1n) is 8.02. The van der Waals surface area contributed by atoms with E-state index in [1.165, 1.54) is 5.56 Å². The van der Waals surface area contributed by atoms with Gasteiger partial charge in [0.15, 0.2) is 0 Å². The number of amides is 2. The first kappa shape index (κ1) is 18.6. The monoisotopic (exact) mass is 343 g/mol. The quantitative estimate of drug-likeness (QED) is 0.811. The van der Waals surface area contributed by atoms with E-state index in [-0.39, 0.29) is 6.03 Å². The highest BCUT2D eigenvalue weighted by Crippen LogP contribution is 2.28. The van der Waals surface area contributed by atoms with Crippen LogP contribution in [0.5, 0.6) is 11.5 Å². The maximum absolute atomic E-state index is 12.3. The predicted molar refractivity (Wildman–Crippen MR) is 99.2 cm³/mol. The summed E-state index contributed by atoms with van der Waals surface area (Å²) in [4.78, 5) is 14.4. The molecule has 2 aromatic rings. The van der Waals surface area contributed by atoms with Crippen LogP contribution in [0.25, 0.3) is 0 Å². The van der Waals surface area contributed by atoms with Gasteiger partial charge in [-0.1, -0.05) is 24.3 Å². The molecule has 0 unspecified atom stereocenters. The highest BCUT2D eigenvalue weighted by atomic mass is 16.5. The summed E-state index contributed by atoms with van der Waals surface area (Å²) in [7, 11) is 7.17. The van der Waals surface area contributed by atoms with Gasteiger partial charge in [0, 0.05) is 19.2 Å². The van der Waals surface area contributed by atoms with Gasteiger partial charge in [0.2, 0.25) is 0 Å². The number of benzene rings is 2. The average Bonchev–Trinajstić information content (AvgIpc) is 2.60. The van der Waals surface area contributed by atoms with Gasteiger partial charge in [0.05, 0.1) is 19.9 Å². The number of carbonyl (C=O) groups excluding carboxylic acids is 1. The molecule has 0 aliphatic rings. The second-order valence-electron chi connectivity index (χ2n) is 5.88. The van der Waals surface area contributed by atoms with Crippen LogP contribution in [0.1, 0.15) is 11.1 Å². The molecule has 134 valence electrons. The van der Waals surface area contributed by atoms with Crippen LogP contribution in [0.2, 0.25) is 0 Å². The highest BCUT2D eigenvalue weighted by molar-refractivity contribution is 5.91. The molecule has 0 spiro atoms. The molecule has 0 saturated heterocycles. The van der Waals surface area contributed by atoms with Crippen LogP contribution >= 0.6 is 0 Å². The third kappa shape index (κ3) is 5.39. The number of ether oxygens (including phenoxy) is 2. The first-order chi connectivity index (χ1) is 12.0. The van der Waals surface area contributed by atoms with E-state index < -0.39 is 0 Å². The zero-order valence-corrected chi connectivity index (χ0v) is 15.1. The molecule has 2 rings (SSSR count). The zero-order chi connectivity index (χ0) is 18.2. The molecule has 6 heteroatoms. The van der Waals surface area contributed by atoms with Crippen molar-refractivity contribution in [1.29, 1.82) is 0 Å². The van der Waals surface area contributed by atoms with E-state index in [2.05, 4.69) is 21.6 Å². The summed E-state index contributed by atoms with van der Waals surface area (Å²) in [5, 5.41) is 5.69. The van der Waals surface area contributed by atoms with E-state index in [9.17, 15) is 4.79 Å². The van der Waals surface area contributed by atoms with Crippen molar-refractivity contribution in [3.8, 4) is 11.5 Å². The molecule has 0 aliphatic heterocycles. The number of hydrogen-bond donors (Lipinski definition) is 2. The lowest BCUT2D eigenvalue weighted by molar-refractivity contribution is 0.251. The maximum atomic E-state index is 12.3. The van der Waals surface area contributed by atoms with Crippen molar-refractivity contribution in [1.82, 2.24) is 10.2 Å². The molecule has 6 nitrogen and oxygen atoms in total. The fourth-order valence-electron chi connectivity index (χ4n) is 2.48. The Labute approximate surface area is 148 Å². The minimum atomic E-state index is -0.300. The zero-order valence-electron chi connectivity index (χ0n) is 15.1. The molecule has 2 aromatic carbocycles. The Kier molecular flexibility index (Phi) is 6.65. The van der Waals surface area contributed by atoms with Gasteiger partial charge < -0.3 is 25.0 Å². The van der Waals surface area contributed by atoms with Crippen molar-refractivity contribution in [2.45, 2.75) is 13.1 Å². The van der Waals surface area contributed by atoms with Crippen LogP contribution in [-0.4, -0.2) is 39.2 Å². The summed E-state index contributed by atoms with van der Waals surface area (Å²) in [5.74, 6) is 1.22. The predicted octanol–water partition coefficient (Wildman–Crippen LogP) is 3.09. The third-order valence-corrected chi connectivity index (χ3v) is 3.70. The van der Waals surface area contributed by atoms with Crippen LogP contribution < -0.4 is 20.1 Å². The summed E-state index contributed by atoms with van der Waals surface area (Å²) in [6, 6.07) is 13.0. The number of rotatable bonds is 7. The average molecular weight is 343 g/mol. The van der Waals surface area contributed by atoms with Crippen molar-refractivity contribution in [3.63, 3.8) is 0 Å². The SMILES string of the molecule is COc1ccc(OC)c(NC(=O)NCc2ccccc2CN(C)C)c1. The van der Waals surface area contributed by atoms with E-state index >= 15 is 0 Å². The van der Waals surface area contributed by atoms with Gasteiger partial charge in [-0.15, -0.1) is 0 Å². The molecular weight excluding hydrogens is 318 g/mol. The van der Waals surface area contributed by atoms with Crippen molar-refractivity contribution >= 4 is 11.7 Å². The van der Waals surface area contributed by atoms with Gasteiger partial charge in [-0.2, -0.15) is 0 Å². The number of urea groups is 1. The summed E-state index contributed by atoms with van der Waals surface area (Å²) in [6.07, 6.45) is 0. The standard InChI is InChI=1S/C19H25N3O3/c1-22(2)13-15-8-6-5-7-14(15)12-20-19(23)21-17-11-16(24-3)9-10-18(17)25-4/h5-11H,12-13H2,1-4H3,(H2,20,21,23). The van der Waals surface area contributed by atoms with Crippen LogP contribution in [0.4, 0.5) is 10.5 Å². The van der Waals surface area contributed by atoms with Gasteiger partial charge in [0.1, 0.15) is 11.5 Å². The molecule has 0 atom stereocenters. The van der Waals surface area contributed by atoms with Gasteiger partial charge >= 0.3 is 6.03 Å². The molecule has 0 heterocycles. The van der Waals surface area contributed by atoms with Gasteiger partial charge in [-0.25, -0.2) is 4.79 Å². The number of hydrogen-bond acceptors (Lipinski definition) is 4. The lowest BCUT2D eigenvalue weighted by atomic mass is 10.1. The largest absolute Gasteiger partial charge is 0.497 e. The van der Waals surface area contributed by atoms with Crippen molar-refractivity contribution in [2.75, 3.05) is 33.6 Å². The summed E-state index contributed by atoms with van der Waals surface area (Å²) in [5.41, 5.74) is 2.83. The van der Waals surface area contributed by atoms with E-state index in [1.807, 2.05) is 32.3 Å². The topological polar surface area (TPSA) is 62.8 Å². The molecule has 2 N–H and O–H groups in total. The van der Waals surface area contributed by atoms with Gasteiger partial charge in [-0.3, -0.25) is 0 Å². The van der Waals surface area contributed by atoms with Crippen LogP contribution in [0.3, 0.4) is 0 Å². The maximum Gasteiger partial charge on any atom is 0.319 e. The van der Waals surface area contributed by atoms with Crippen LogP contribution in [-0.2, 0) is 13.1 Å². The molecular formula is C19H25N3O3.